The van der Waals surface area contributed by atoms with Crippen molar-refractivity contribution < 1.29 is 0 Å². The van der Waals surface area contributed by atoms with E-state index in [-0.39, 0.29) is 5.41 Å². The number of nitrogens with zero attached hydrogens (tertiary/aromatic N) is 1. The van der Waals surface area contributed by atoms with E-state index in [4.69, 9.17) is 18.0 Å². The number of hydrogen-bond acceptors (Lipinski definition) is 2. The fraction of sp³-hybridized carbons (Fsp3) is 0.357. The van der Waals surface area contributed by atoms with Gasteiger partial charge in [0.25, 0.3) is 0 Å². The third-order valence-electron chi connectivity index (χ3n) is 3.19. The van der Waals surface area contributed by atoms with Crippen LogP contribution in [0.3, 0.4) is 0 Å². The summed E-state index contributed by atoms with van der Waals surface area (Å²) in [6.07, 6.45) is 0. The second-order valence-corrected chi connectivity index (χ2v) is 5.96. The van der Waals surface area contributed by atoms with Gasteiger partial charge in [0.1, 0.15) is 5.82 Å². The number of imidazole rings is 1. The van der Waals surface area contributed by atoms with E-state index >= 15 is 0 Å². The van der Waals surface area contributed by atoms with Crippen LogP contribution in [0.25, 0.3) is 11.3 Å². The molecular formula is C14H19N3S. The fourth-order valence-electron chi connectivity index (χ4n) is 1.89. The summed E-state index contributed by atoms with van der Waals surface area (Å²) >= 11 is 5.17. The van der Waals surface area contributed by atoms with E-state index in [2.05, 4.69) is 50.0 Å². The topological polar surface area (TPSA) is 46.7 Å². The van der Waals surface area contributed by atoms with E-state index in [9.17, 15) is 0 Å². The molecule has 0 aliphatic carbocycles. The second kappa shape index (κ2) is 4.28. The van der Waals surface area contributed by atoms with Gasteiger partial charge in [-0.05, 0) is 23.2 Å². The minimum atomic E-state index is 0.160. The molecule has 3 N–H and O–H groups in total. The number of hydrogen-bond donors (Lipinski definition) is 2. The number of rotatable bonds is 1. The summed E-state index contributed by atoms with van der Waals surface area (Å²) < 4.78 is 2.42. The number of aromatic amines is 1. The Morgan fingerprint density at radius 2 is 1.72 bits per heavy atom. The average molecular weight is 261 g/mol. The number of anilines is 1. The molecule has 1 aromatic heterocycles. The van der Waals surface area contributed by atoms with Gasteiger partial charge >= 0.3 is 0 Å². The Bertz CT molecular complexity index is 612. The first-order chi connectivity index (χ1) is 8.30. The number of nitrogens with two attached hydrogens (primary N) is 1. The number of benzene rings is 1. The molecule has 1 aromatic carbocycles. The molecule has 0 aliphatic heterocycles. The summed E-state index contributed by atoms with van der Waals surface area (Å²) in [6, 6.07) is 8.44. The van der Waals surface area contributed by atoms with Gasteiger partial charge in [0.05, 0.1) is 5.69 Å². The number of H-pyrrole nitrogens is 1. The summed E-state index contributed by atoms with van der Waals surface area (Å²) in [4.78, 5) is 3.14. The van der Waals surface area contributed by atoms with E-state index in [1.807, 2.05) is 7.05 Å². The van der Waals surface area contributed by atoms with Gasteiger partial charge in [-0.1, -0.05) is 45.0 Å². The van der Waals surface area contributed by atoms with Crippen LogP contribution >= 0.6 is 12.2 Å². The van der Waals surface area contributed by atoms with Gasteiger partial charge in [-0.25, -0.2) is 0 Å². The molecule has 0 saturated carbocycles. The monoisotopic (exact) mass is 261 g/mol. The summed E-state index contributed by atoms with van der Waals surface area (Å²) in [6.45, 7) is 6.60. The Hall–Kier alpha value is -1.55. The zero-order chi connectivity index (χ0) is 13.5. The summed E-state index contributed by atoms with van der Waals surface area (Å²) in [7, 11) is 1.86. The van der Waals surface area contributed by atoms with Crippen molar-refractivity contribution in [1.29, 1.82) is 0 Å². The van der Waals surface area contributed by atoms with Crippen LogP contribution in [0.5, 0.6) is 0 Å². The molecule has 0 saturated heterocycles. The summed E-state index contributed by atoms with van der Waals surface area (Å²) in [5.74, 6) is 0.670. The van der Waals surface area contributed by atoms with Crippen molar-refractivity contribution in [2.24, 2.45) is 7.05 Å². The molecule has 1 heterocycles. The molecule has 0 radical (unpaired) electrons. The van der Waals surface area contributed by atoms with E-state index < -0.39 is 0 Å². The van der Waals surface area contributed by atoms with Crippen molar-refractivity contribution in [1.82, 2.24) is 9.55 Å². The first-order valence-corrected chi connectivity index (χ1v) is 6.37. The van der Waals surface area contributed by atoms with E-state index in [0.29, 0.717) is 10.6 Å². The molecule has 18 heavy (non-hydrogen) atoms. The number of nitrogens with one attached hydrogen (secondary N) is 1. The minimum Gasteiger partial charge on any atom is -0.383 e. The van der Waals surface area contributed by atoms with Crippen LogP contribution in [0.4, 0.5) is 5.82 Å². The van der Waals surface area contributed by atoms with E-state index in [0.717, 1.165) is 11.3 Å². The first kappa shape index (κ1) is 12.9. The molecule has 0 fully saturated rings. The molecule has 0 bridgehead atoms. The largest absolute Gasteiger partial charge is 0.383 e. The Labute approximate surface area is 113 Å². The van der Waals surface area contributed by atoms with Gasteiger partial charge < -0.3 is 15.3 Å². The molecule has 4 heteroatoms. The average Bonchev–Trinajstić information content (AvgIpc) is 2.56. The van der Waals surface area contributed by atoms with Crippen LogP contribution in [0.1, 0.15) is 26.3 Å². The highest BCUT2D eigenvalue weighted by atomic mass is 32.1. The van der Waals surface area contributed by atoms with Crippen molar-refractivity contribution in [3.63, 3.8) is 0 Å². The highest BCUT2D eigenvalue weighted by molar-refractivity contribution is 7.71. The Morgan fingerprint density at radius 1 is 1.17 bits per heavy atom. The van der Waals surface area contributed by atoms with E-state index in [1.165, 1.54) is 5.56 Å². The van der Waals surface area contributed by atoms with Crippen LogP contribution in [0.15, 0.2) is 24.3 Å². The highest BCUT2D eigenvalue weighted by Crippen LogP contribution is 2.28. The standard InChI is InChI=1S/C14H19N3S/c1-14(2,3)10-7-5-9(6-8-10)11-12(15)17(4)13(18)16-11/h5-8H,15H2,1-4H3,(H,16,18). The maximum absolute atomic E-state index is 6.02. The molecule has 3 nitrogen and oxygen atoms in total. The Morgan fingerprint density at radius 3 is 2.11 bits per heavy atom. The Kier molecular flexibility index (Phi) is 3.07. The first-order valence-electron chi connectivity index (χ1n) is 5.96. The minimum absolute atomic E-state index is 0.160. The second-order valence-electron chi connectivity index (χ2n) is 5.58. The molecule has 2 rings (SSSR count). The van der Waals surface area contributed by atoms with Gasteiger partial charge in [-0.15, -0.1) is 0 Å². The third kappa shape index (κ3) is 2.20. The number of aromatic nitrogens is 2. The van der Waals surface area contributed by atoms with Crippen LogP contribution < -0.4 is 5.73 Å². The molecular weight excluding hydrogens is 242 g/mol. The molecule has 0 amide bonds. The van der Waals surface area contributed by atoms with Crippen LogP contribution in [-0.4, -0.2) is 9.55 Å². The fourth-order valence-corrected chi connectivity index (χ4v) is 2.09. The predicted octanol–water partition coefficient (Wildman–Crippen LogP) is 3.63. The molecule has 2 aromatic rings. The Balaban J connectivity index is 2.47. The molecule has 0 atom stereocenters. The lowest BCUT2D eigenvalue weighted by molar-refractivity contribution is 0.590. The lowest BCUT2D eigenvalue weighted by Crippen LogP contribution is -2.10. The third-order valence-corrected chi connectivity index (χ3v) is 3.57. The van der Waals surface area contributed by atoms with Crippen molar-refractivity contribution in [3.8, 4) is 11.3 Å². The lowest BCUT2D eigenvalue weighted by Gasteiger charge is -2.19. The summed E-state index contributed by atoms with van der Waals surface area (Å²) in [5, 5.41) is 0. The molecule has 0 unspecified atom stereocenters. The summed E-state index contributed by atoms with van der Waals surface area (Å²) in [5.41, 5.74) is 9.44. The molecule has 0 aliphatic rings. The van der Waals surface area contributed by atoms with Crippen molar-refractivity contribution in [3.05, 3.63) is 34.6 Å². The lowest BCUT2D eigenvalue weighted by atomic mass is 9.86. The number of nitrogen functional groups attached to an aromatic ring is 1. The zero-order valence-corrected chi connectivity index (χ0v) is 12.1. The van der Waals surface area contributed by atoms with E-state index in [1.54, 1.807) is 4.57 Å². The zero-order valence-electron chi connectivity index (χ0n) is 11.2. The van der Waals surface area contributed by atoms with Crippen LogP contribution in [-0.2, 0) is 12.5 Å². The smallest absolute Gasteiger partial charge is 0.178 e. The maximum atomic E-state index is 6.02. The maximum Gasteiger partial charge on any atom is 0.178 e. The quantitative estimate of drug-likeness (QED) is 0.770. The van der Waals surface area contributed by atoms with Crippen molar-refractivity contribution in [2.45, 2.75) is 26.2 Å². The van der Waals surface area contributed by atoms with Gasteiger partial charge in [0, 0.05) is 12.6 Å². The van der Waals surface area contributed by atoms with Gasteiger partial charge in [-0.2, -0.15) is 0 Å². The van der Waals surface area contributed by atoms with Crippen molar-refractivity contribution in [2.75, 3.05) is 5.73 Å². The van der Waals surface area contributed by atoms with Gasteiger partial charge in [0.15, 0.2) is 4.77 Å². The van der Waals surface area contributed by atoms with Crippen LogP contribution in [0.2, 0.25) is 0 Å². The predicted molar refractivity (Wildman–Crippen MR) is 79.1 cm³/mol. The van der Waals surface area contributed by atoms with Gasteiger partial charge in [0.2, 0.25) is 0 Å². The normalized spacial score (nSPS) is 11.8. The SMILES string of the molecule is Cn1c(N)c(-c2ccc(C(C)(C)C)cc2)[nH]c1=S. The highest BCUT2D eigenvalue weighted by Gasteiger charge is 2.14. The van der Waals surface area contributed by atoms with Crippen molar-refractivity contribution >= 4 is 18.0 Å². The molecule has 0 spiro atoms. The van der Waals surface area contributed by atoms with Gasteiger partial charge in [-0.3, -0.25) is 0 Å². The molecule has 96 valence electrons. The van der Waals surface area contributed by atoms with Crippen LogP contribution in [0, 0.1) is 4.77 Å².